The van der Waals surface area contributed by atoms with Crippen LogP contribution in [0.4, 0.5) is 0 Å². The molecule has 0 spiro atoms. The molecule has 290 valence electrons. The van der Waals surface area contributed by atoms with Crippen LogP contribution in [-0.2, 0) is 0 Å². The highest BCUT2D eigenvalue weighted by atomic mass is 15.1. The van der Waals surface area contributed by atoms with Gasteiger partial charge in [-0.1, -0.05) is 176 Å². The van der Waals surface area contributed by atoms with Gasteiger partial charge in [0.05, 0.1) is 22.1 Å². The number of benzene rings is 10. The monoisotopic (exact) mass is 790 g/mol. The van der Waals surface area contributed by atoms with Crippen molar-refractivity contribution in [1.29, 1.82) is 0 Å². The van der Waals surface area contributed by atoms with E-state index in [1.807, 2.05) is 12.1 Å². The van der Waals surface area contributed by atoms with Crippen LogP contribution in [0, 0.1) is 0 Å². The van der Waals surface area contributed by atoms with Crippen LogP contribution < -0.4 is 0 Å². The van der Waals surface area contributed by atoms with Gasteiger partial charge in [-0.2, -0.15) is 0 Å². The Morgan fingerprint density at radius 1 is 0.274 bits per heavy atom. The first-order chi connectivity index (χ1) is 30.8. The van der Waals surface area contributed by atoms with E-state index in [1.165, 1.54) is 43.8 Å². The standard InChI is InChI=1S/C58H38N4/c1-4-16-41(17-5-1)56-48-24-14-22-46(39-30-34-44(35-31-39)61-54-28-12-10-26-52(54)59-57(61)42-18-6-2-7-19-42)50(48)38-51-47(23-15-25-49(51)56)40-32-36-45(37-33-40)62-55-29-13-11-27-53(55)60-58(62)43-20-8-3-9-21-43/h1-38H. The van der Waals surface area contributed by atoms with E-state index in [0.717, 1.165) is 67.3 Å². The normalized spacial score (nSPS) is 11.5. The van der Waals surface area contributed by atoms with Gasteiger partial charge in [0.25, 0.3) is 0 Å². The minimum absolute atomic E-state index is 0.930. The zero-order valence-corrected chi connectivity index (χ0v) is 33.7. The summed E-state index contributed by atoms with van der Waals surface area (Å²) >= 11 is 0. The molecule has 0 bridgehead atoms. The lowest BCUT2D eigenvalue weighted by molar-refractivity contribution is 1.10. The number of imidazole rings is 2. The summed E-state index contributed by atoms with van der Waals surface area (Å²) in [4.78, 5) is 10.2. The lowest BCUT2D eigenvalue weighted by atomic mass is 9.86. The molecular weight excluding hydrogens is 753 g/mol. The van der Waals surface area contributed by atoms with Crippen molar-refractivity contribution in [3.63, 3.8) is 0 Å². The summed E-state index contributed by atoms with van der Waals surface area (Å²) in [6, 6.07) is 82.3. The van der Waals surface area contributed by atoms with Crippen LogP contribution in [0.15, 0.2) is 231 Å². The Morgan fingerprint density at radius 3 is 1.10 bits per heavy atom. The van der Waals surface area contributed by atoms with Gasteiger partial charge in [-0.3, -0.25) is 9.13 Å². The fourth-order valence-corrected chi connectivity index (χ4v) is 9.30. The summed E-state index contributed by atoms with van der Waals surface area (Å²) in [6.07, 6.45) is 0. The van der Waals surface area contributed by atoms with Gasteiger partial charge in [-0.15, -0.1) is 0 Å². The third kappa shape index (κ3) is 5.92. The minimum Gasteiger partial charge on any atom is -0.292 e. The van der Waals surface area contributed by atoms with Crippen molar-refractivity contribution in [2.24, 2.45) is 0 Å². The summed E-state index contributed by atoms with van der Waals surface area (Å²) in [5.41, 5.74) is 15.6. The predicted molar refractivity (Wildman–Crippen MR) is 258 cm³/mol. The molecule has 2 heterocycles. The third-order valence-electron chi connectivity index (χ3n) is 12.2. The number of fused-ring (bicyclic) bond motifs is 4. The SMILES string of the molecule is c1ccc(-c2c3cccc(-c4ccc(-n5c(-c6ccccc6)nc6ccccc65)cc4)c3cc3c(-c4ccc(-n5c(-c6ccccc6)nc6ccccc65)cc4)cccc23)cc1. The molecule has 0 unspecified atom stereocenters. The first kappa shape index (κ1) is 35.6. The topological polar surface area (TPSA) is 35.6 Å². The molecule has 2 aromatic heterocycles. The molecule has 4 heteroatoms. The van der Waals surface area contributed by atoms with Crippen molar-refractivity contribution < 1.29 is 0 Å². The van der Waals surface area contributed by atoms with E-state index in [-0.39, 0.29) is 0 Å². The fourth-order valence-electron chi connectivity index (χ4n) is 9.30. The van der Waals surface area contributed by atoms with Crippen molar-refractivity contribution >= 4 is 43.6 Å². The number of para-hydroxylation sites is 4. The Balaban J connectivity index is 1.01. The van der Waals surface area contributed by atoms with Crippen molar-refractivity contribution in [2.45, 2.75) is 0 Å². The van der Waals surface area contributed by atoms with Gasteiger partial charge >= 0.3 is 0 Å². The maximum Gasteiger partial charge on any atom is 0.145 e. The Morgan fingerprint density at radius 2 is 0.661 bits per heavy atom. The highest BCUT2D eigenvalue weighted by Gasteiger charge is 2.19. The third-order valence-corrected chi connectivity index (χ3v) is 12.2. The van der Waals surface area contributed by atoms with Crippen LogP contribution in [0.2, 0.25) is 0 Å². The summed E-state index contributed by atoms with van der Waals surface area (Å²) in [5.74, 6) is 1.86. The number of hydrogen-bond acceptors (Lipinski definition) is 2. The maximum atomic E-state index is 5.09. The van der Waals surface area contributed by atoms with E-state index in [9.17, 15) is 0 Å². The average Bonchev–Trinajstić information content (AvgIpc) is 3.94. The van der Waals surface area contributed by atoms with E-state index >= 15 is 0 Å². The van der Waals surface area contributed by atoms with Gasteiger partial charge in [0.2, 0.25) is 0 Å². The molecule has 12 aromatic rings. The van der Waals surface area contributed by atoms with E-state index in [4.69, 9.17) is 9.97 Å². The Kier molecular flexibility index (Phi) is 8.46. The zero-order valence-electron chi connectivity index (χ0n) is 33.7. The maximum absolute atomic E-state index is 5.09. The molecule has 62 heavy (non-hydrogen) atoms. The Hall–Kier alpha value is -8.34. The Labute approximate surface area is 359 Å². The minimum atomic E-state index is 0.930. The van der Waals surface area contributed by atoms with E-state index in [2.05, 4.69) is 228 Å². The summed E-state index contributed by atoms with van der Waals surface area (Å²) in [7, 11) is 0. The zero-order chi connectivity index (χ0) is 41.0. The second-order valence-electron chi connectivity index (χ2n) is 15.8. The van der Waals surface area contributed by atoms with Gasteiger partial charge in [-0.25, -0.2) is 9.97 Å². The van der Waals surface area contributed by atoms with E-state index < -0.39 is 0 Å². The fraction of sp³-hybridized carbons (Fsp3) is 0. The molecule has 10 aromatic carbocycles. The van der Waals surface area contributed by atoms with Gasteiger partial charge in [0.15, 0.2) is 0 Å². The van der Waals surface area contributed by atoms with Crippen LogP contribution in [0.25, 0.3) is 111 Å². The number of hydrogen-bond donors (Lipinski definition) is 0. The highest BCUT2D eigenvalue weighted by molar-refractivity contribution is 6.19. The first-order valence-corrected chi connectivity index (χ1v) is 21.1. The molecular formula is C58H38N4. The van der Waals surface area contributed by atoms with Crippen molar-refractivity contribution in [1.82, 2.24) is 19.1 Å². The predicted octanol–water partition coefficient (Wildman–Crippen LogP) is 15.0. The van der Waals surface area contributed by atoms with Crippen LogP contribution >= 0.6 is 0 Å². The molecule has 0 aliphatic heterocycles. The molecule has 0 fully saturated rings. The van der Waals surface area contributed by atoms with Crippen LogP contribution in [0.5, 0.6) is 0 Å². The smallest absolute Gasteiger partial charge is 0.145 e. The highest BCUT2D eigenvalue weighted by Crippen LogP contribution is 2.43. The molecule has 0 amide bonds. The van der Waals surface area contributed by atoms with E-state index in [1.54, 1.807) is 0 Å². The quantitative estimate of drug-likeness (QED) is 0.151. The molecule has 4 nitrogen and oxygen atoms in total. The number of aromatic nitrogens is 4. The Bertz CT molecular complexity index is 3370. The van der Waals surface area contributed by atoms with Crippen LogP contribution in [0.3, 0.4) is 0 Å². The number of rotatable bonds is 7. The molecule has 0 N–H and O–H groups in total. The van der Waals surface area contributed by atoms with Crippen molar-refractivity contribution in [2.75, 3.05) is 0 Å². The molecule has 0 aliphatic carbocycles. The first-order valence-electron chi connectivity index (χ1n) is 21.1. The average molecular weight is 791 g/mol. The second-order valence-corrected chi connectivity index (χ2v) is 15.8. The summed E-state index contributed by atoms with van der Waals surface area (Å²) in [5, 5.41) is 4.88. The molecule has 0 aliphatic rings. The second kappa shape index (κ2) is 14.7. The summed E-state index contributed by atoms with van der Waals surface area (Å²) in [6.45, 7) is 0. The van der Waals surface area contributed by atoms with Crippen molar-refractivity contribution in [3.05, 3.63) is 231 Å². The van der Waals surface area contributed by atoms with E-state index in [0.29, 0.717) is 0 Å². The van der Waals surface area contributed by atoms with Crippen LogP contribution in [0.1, 0.15) is 0 Å². The molecule has 0 radical (unpaired) electrons. The lowest BCUT2D eigenvalue weighted by Crippen LogP contribution is -1.98. The van der Waals surface area contributed by atoms with Gasteiger partial charge < -0.3 is 0 Å². The largest absolute Gasteiger partial charge is 0.292 e. The van der Waals surface area contributed by atoms with Crippen LogP contribution in [-0.4, -0.2) is 19.1 Å². The van der Waals surface area contributed by atoms with Gasteiger partial charge in [0, 0.05) is 22.5 Å². The molecule has 12 rings (SSSR count). The molecule has 0 saturated heterocycles. The number of nitrogens with zero attached hydrogens (tertiary/aromatic N) is 4. The molecule has 0 saturated carbocycles. The summed E-state index contributed by atoms with van der Waals surface area (Å²) < 4.78 is 4.54. The van der Waals surface area contributed by atoms with Gasteiger partial charge in [0.1, 0.15) is 11.6 Å². The van der Waals surface area contributed by atoms with Gasteiger partial charge in [-0.05, 0) is 110 Å². The molecule has 0 atom stereocenters. The van der Waals surface area contributed by atoms with Crippen molar-refractivity contribution in [3.8, 4) is 67.5 Å². The lowest BCUT2D eigenvalue weighted by Gasteiger charge is -2.18.